The number of rotatable bonds is 1. The molecule has 3 heteroatoms. The van der Waals surface area contributed by atoms with Crippen LogP contribution < -0.4 is 5.73 Å². The largest absolute Gasteiger partial charge is 0.366 e. The van der Waals surface area contributed by atoms with Crippen molar-refractivity contribution in [3.05, 3.63) is 12.7 Å². The molecule has 0 aliphatic rings. The summed E-state index contributed by atoms with van der Waals surface area (Å²) in [5, 5.41) is 0. The Kier molecular flexibility index (Phi) is 13.0. The summed E-state index contributed by atoms with van der Waals surface area (Å²) in [7, 11) is 1.08. The second-order valence-corrected chi connectivity index (χ2v) is 2.11. The Morgan fingerprint density at radius 1 is 1.75 bits per heavy atom. The molecule has 0 aliphatic carbocycles. The van der Waals surface area contributed by atoms with E-state index >= 15 is 0 Å². The van der Waals surface area contributed by atoms with Crippen molar-refractivity contribution in [2.75, 3.05) is 13.3 Å². The van der Waals surface area contributed by atoms with Gasteiger partial charge in [-0.2, -0.15) is 0 Å². The van der Waals surface area contributed by atoms with Crippen LogP contribution in [-0.4, -0.2) is 19.2 Å². The number of carbonyl (C=O) groups excluding carboxylic acids is 1. The fraction of sp³-hybridized carbons (Fsp3) is 0.400. The molecule has 0 aromatic rings. The van der Waals surface area contributed by atoms with Crippen LogP contribution in [0.1, 0.15) is 0 Å². The lowest BCUT2D eigenvalue weighted by Gasteiger charge is -1.65. The van der Waals surface area contributed by atoms with Crippen LogP contribution >= 0.6 is 8.58 Å². The minimum atomic E-state index is -0.481. The molecule has 2 nitrogen and oxygen atoms in total. The van der Waals surface area contributed by atoms with Crippen LogP contribution in [0, 0.1) is 0 Å². The van der Waals surface area contributed by atoms with E-state index in [9.17, 15) is 4.79 Å². The monoisotopic (exact) mass is 133 g/mol. The van der Waals surface area contributed by atoms with E-state index in [0.29, 0.717) is 0 Å². The van der Waals surface area contributed by atoms with E-state index in [0.717, 1.165) is 14.7 Å². The second-order valence-electron chi connectivity index (χ2n) is 1.11. The smallest absolute Gasteiger partial charge is 0.240 e. The zero-order valence-corrected chi connectivity index (χ0v) is 6.27. The first-order valence-electron chi connectivity index (χ1n) is 2.19. The maximum absolute atomic E-state index is 9.47. The van der Waals surface area contributed by atoms with Gasteiger partial charge in [-0.1, -0.05) is 6.58 Å². The highest BCUT2D eigenvalue weighted by atomic mass is 31.1. The van der Waals surface area contributed by atoms with Crippen molar-refractivity contribution >= 4 is 14.5 Å². The molecule has 0 unspecified atom stereocenters. The topological polar surface area (TPSA) is 43.1 Å². The van der Waals surface area contributed by atoms with Crippen LogP contribution in [0.3, 0.4) is 0 Å². The Morgan fingerprint density at radius 2 is 1.88 bits per heavy atom. The number of primary amides is 1. The highest BCUT2D eigenvalue weighted by molar-refractivity contribution is 7.35. The van der Waals surface area contributed by atoms with Gasteiger partial charge < -0.3 is 5.73 Å². The maximum atomic E-state index is 9.47. The van der Waals surface area contributed by atoms with Gasteiger partial charge in [-0.25, -0.2) is 0 Å². The molecule has 0 rings (SSSR count). The van der Waals surface area contributed by atoms with E-state index in [-0.39, 0.29) is 0 Å². The fourth-order valence-electron chi connectivity index (χ4n) is 0. The van der Waals surface area contributed by atoms with Crippen LogP contribution in [0.2, 0.25) is 0 Å². The van der Waals surface area contributed by atoms with Crippen molar-refractivity contribution < 1.29 is 4.79 Å². The minimum absolute atomic E-state index is 0.481. The van der Waals surface area contributed by atoms with Crippen LogP contribution in [0.5, 0.6) is 0 Å². The molecule has 0 fully saturated rings. The van der Waals surface area contributed by atoms with Gasteiger partial charge in [-0.15, -0.1) is 8.58 Å². The molecule has 0 aromatic heterocycles. The summed E-state index contributed by atoms with van der Waals surface area (Å²) in [6.07, 6.45) is 1.06. The Morgan fingerprint density at radius 3 is 1.88 bits per heavy atom. The molecule has 0 aliphatic heterocycles. The number of hydrogen-bond acceptors (Lipinski definition) is 1. The first-order chi connectivity index (χ1) is 3.68. The van der Waals surface area contributed by atoms with Gasteiger partial charge in [-0.05, 0) is 19.4 Å². The molecule has 0 saturated carbocycles. The molecule has 2 N–H and O–H groups in total. The molecule has 0 atom stereocenters. The van der Waals surface area contributed by atoms with Crippen molar-refractivity contribution in [1.82, 2.24) is 0 Å². The van der Waals surface area contributed by atoms with E-state index < -0.39 is 5.91 Å². The summed E-state index contributed by atoms with van der Waals surface area (Å²) in [4.78, 5) is 9.47. The molecular weight excluding hydrogens is 121 g/mol. The molecule has 0 radical (unpaired) electrons. The molecule has 48 valence electrons. The highest BCUT2D eigenvalue weighted by Gasteiger charge is 1.69. The summed E-state index contributed by atoms with van der Waals surface area (Å²) >= 11 is 0. The zero-order chi connectivity index (χ0) is 6.99. The van der Waals surface area contributed by atoms with Gasteiger partial charge in [0.2, 0.25) is 5.91 Å². The van der Waals surface area contributed by atoms with Gasteiger partial charge in [0.25, 0.3) is 0 Å². The lowest BCUT2D eigenvalue weighted by Crippen LogP contribution is -2.04. The van der Waals surface area contributed by atoms with Gasteiger partial charge in [0, 0.05) is 0 Å². The second kappa shape index (κ2) is 9.81. The molecule has 0 aromatic carbocycles. The summed E-state index contributed by atoms with van der Waals surface area (Å²) in [6.45, 7) is 7.39. The Labute approximate surface area is 51.9 Å². The maximum Gasteiger partial charge on any atom is 0.240 e. The molecule has 0 spiro atoms. The van der Waals surface area contributed by atoms with Crippen LogP contribution in [0.4, 0.5) is 0 Å². The normalized spacial score (nSPS) is 6.25. The zero-order valence-electron chi connectivity index (χ0n) is 5.27. The number of hydrogen-bond donors (Lipinski definition) is 1. The molecule has 0 saturated heterocycles. The summed E-state index contributed by atoms with van der Waals surface area (Å²) in [5.74, 6) is -0.481. The predicted molar refractivity (Wildman–Crippen MR) is 39.6 cm³/mol. The van der Waals surface area contributed by atoms with Gasteiger partial charge in [-0.3, -0.25) is 4.79 Å². The minimum Gasteiger partial charge on any atom is -0.366 e. The Bertz CT molecular complexity index is 72.8. The van der Waals surface area contributed by atoms with E-state index in [4.69, 9.17) is 0 Å². The number of nitrogens with two attached hydrogens (primary N) is 1. The van der Waals surface area contributed by atoms with E-state index in [1.54, 1.807) is 0 Å². The van der Waals surface area contributed by atoms with Crippen LogP contribution in [0.25, 0.3) is 0 Å². The van der Waals surface area contributed by atoms with Crippen molar-refractivity contribution in [2.24, 2.45) is 5.73 Å². The molecule has 1 amide bonds. The van der Waals surface area contributed by atoms with E-state index in [1.807, 2.05) is 0 Å². The lowest BCUT2D eigenvalue weighted by molar-refractivity contribution is -0.113. The van der Waals surface area contributed by atoms with E-state index in [1.165, 1.54) is 0 Å². The molecular formula is C5H12NOP. The predicted octanol–water partition coefficient (Wildman–Crippen LogP) is 0.582. The summed E-state index contributed by atoms with van der Waals surface area (Å²) in [5.41, 5.74) is 4.53. The Balaban J connectivity index is 0. The van der Waals surface area contributed by atoms with Gasteiger partial charge in [0.15, 0.2) is 0 Å². The quantitative estimate of drug-likeness (QED) is 0.412. The summed E-state index contributed by atoms with van der Waals surface area (Å²) < 4.78 is 0. The third-order valence-corrected chi connectivity index (χ3v) is 0.201. The third-order valence-electron chi connectivity index (χ3n) is 0.201. The molecule has 0 bridgehead atoms. The van der Waals surface area contributed by atoms with Crippen molar-refractivity contribution in [3.8, 4) is 0 Å². The van der Waals surface area contributed by atoms with Crippen molar-refractivity contribution in [1.29, 1.82) is 0 Å². The van der Waals surface area contributed by atoms with Gasteiger partial charge in [0.05, 0.1) is 0 Å². The van der Waals surface area contributed by atoms with Crippen LogP contribution in [-0.2, 0) is 4.79 Å². The first kappa shape index (κ1) is 10.6. The number of amides is 1. The van der Waals surface area contributed by atoms with Gasteiger partial charge >= 0.3 is 0 Å². The number of carbonyl (C=O) groups is 1. The Hall–Kier alpha value is -0.360. The van der Waals surface area contributed by atoms with Crippen molar-refractivity contribution in [3.63, 3.8) is 0 Å². The first-order valence-corrected chi connectivity index (χ1v) is 4.19. The standard InChI is InChI=1S/C3H5NO.C2H7P/c1-2-3(4)5;1-3-2/h2H,1H2,(H2,4,5);3H,1-2H3. The SMILES string of the molecule is C=CC(N)=O.CPC. The van der Waals surface area contributed by atoms with Crippen molar-refractivity contribution in [2.45, 2.75) is 0 Å². The average molecular weight is 133 g/mol. The average Bonchev–Trinajstić information content (AvgIpc) is 1.69. The third kappa shape index (κ3) is 45.1. The van der Waals surface area contributed by atoms with Gasteiger partial charge in [0.1, 0.15) is 0 Å². The van der Waals surface area contributed by atoms with E-state index in [2.05, 4.69) is 25.6 Å². The molecule has 8 heavy (non-hydrogen) atoms. The summed E-state index contributed by atoms with van der Waals surface area (Å²) in [6, 6.07) is 0. The molecule has 0 heterocycles. The van der Waals surface area contributed by atoms with Crippen LogP contribution in [0.15, 0.2) is 12.7 Å². The lowest BCUT2D eigenvalue weighted by atomic mass is 10.6. The fourth-order valence-corrected chi connectivity index (χ4v) is 0. The highest BCUT2D eigenvalue weighted by Crippen LogP contribution is 1.84.